The van der Waals surface area contributed by atoms with E-state index in [2.05, 4.69) is 10.9 Å². The Balaban J connectivity index is 1.74. The van der Waals surface area contributed by atoms with Crippen molar-refractivity contribution in [2.45, 2.75) is 18.2 Å². The highest BCUT2D eigenvalue weighted by Gasteiger charge is 2.31. The molecule has 6 nitrogen and oxygen atoms in total. The van der Waals surface area contributed by atoms with Gasteiger partial charge in [0, 0.05) is 44.3 Å². The number of alkyl halides is 2. The van der Waals surface area contributed by atoms with E-state index in [9.17, 15) is 27.3 Å². The van der Waals surface area contributed by atoms with Gasteiger partial charge in [-0.3, -0.25) is 4.79 Å². The largest absolute Gasteiger partial charge is 0.295 e. The van der Waals surface area contributed by atoms with Crippen LogP contribution in [0.25, 0.3) is 49.3 Å². The number of carbonyl (C=O) groups excluding carboxylic acids is 1. The minimum absolute atomic E-state index is 0.0827. The molecule has 0 bridgehead atoms. The van der Waals surface area contributed by atoms with Gasteiger partial charge < -0.3 is 0 Å². The van der Waals surface area contributed by atoms with Gasteiger partial charge >= 0.3 is 0 Å². The first kappa shape index (κ1) is 31.0. The Kier molecular flexibility index (Phi) is 7.98. The summed E-state index contributed by atoms with van der Waals surface area (Å²) in [5, 5.41) is 10.5. The number of fused-ring (bicyclic) bond motifs is 1. The molecule has 5 aromatic carbocycles. The maximum Gasteiger partial charge on any atom is 0.268 e. The van der Waals surface area contributed by atoms with Gasteiger partial charge in [0.1, 0.15) is 5.82 Å². The van der Waals surface area contributed by atoms with Gasteiger partial charge in [-0.05, 0) is 48.9 Å². The van der Waals surface area contributed by atoms with Crippen molar-refractivity contribution in [3.63, 3.8) is 0 Å². The zero-order valence-corrected chi connectivity index (χ0v) is 25.4. The fourth-order valence-corrected chi connectivity index (χ4v) is 7.20. The molecule has 0 amide bonds. The standard InChI is InChI=1S/C37H22F3N3O3S/c1-22(44)24-15-18-29(31(38)20-24)25-7-5-8-26(19-25)36-35(34-27(21-41)9-6-11-32(34)42-2)30-10-3-4-12-33(30)43(36)47(45,46)28-16-13-23(14-17-28)37(39)40/h3-20,37H,1H3. The first-order valence-corrected chi connectivity index (χ1v) is 15.6. The Morgan fingerprint density at radius 2 is 1.57 bits per heavy atom. The molecule has 0 N–H and O–H groups in total. The average molecular weight is 646 g/mol. The number of Topliss-reactive ketones (excluding diaryl/α,β-unsaturated/α-hetero) is 1. The molecule has 47 heavy (non-hydrogen) atoms. The normalized spacial score (nSPS) is 11.4. The van der Waals surface area contributed by atoms with Crippen molar-refractivity contribution < 1.29 is 26.4 Å². The van der Waals surface area contributed by atoms with Crippen LogP contribution in [0.4, 0.5) is 18.9 Å². The second-order valence-electron chi connectivity index (χ2n) is 10.6. The number of para-hydroxylation sites is 1. The van der Waals surface area contributed by atoms with Gasteiger partial charge in [0.05, 0.1) is 28.7 Å². The van der Waals surface area contributed by atoms with Crippen LogP contribution in [0.1, 0.15) is 34.8 Å². The van der Waals surface area contributed by atoms with E-state index >= 15 is 4.39 Å². The number of rotatable bonds is 7. The van der Waals surface area contributed by atoms with Crippen molar-refractivity contribution in [2.75, 3.05) is 0 Å². The molecule has 1 aromatic heterocycles. The highest BCUT2D eigenvalue weighted by molar-refractivity contribution is 7.90. The van der Waals surface area contributed by atoms with E-state index in [-0.39, 0.29) is 61.0 Å². The third-order valence-corrected chi connectivity index (χ3v) is 9.59. The molecule has 230 valence electrons. The number of halogens is 3. The van der Waals surface area contributed by atoms with Crippen LogP contribution in [0.5, 0.6) is 0 Å². The highest BCUT2D eigenvalue weighted by Crippen LogP contribution is 2.47. The van der Waals surface area contributed by atoms with E-state index in [0.717, 1.165) is 34.3 Å². The molecule has 0 fully saturated rings. The van der Waals surface area contributed by atoms with Crippen molar-refractivity contribution in [1.82, 2.24) is 3.97 Å². The van der Waals surface area contributed by atoms with Crippen LogP contribution in [0, 0.1) is 23.7 Å². The molecule has 6 rings (SSSR count). The monoisotopic (exact) mass is 645 g/mol. The lowest BCUT2D eigenvalue weighted by Gasteiger charge is -2.16. The van der Waals surface area contributed by atoms with E-state index in [1.165, 1.54) is 31.2 Å². The number of ketones is 1. The average Bonchev–Trinajstić information content (AvgIpc) is 3.43. The predicted octanol–water partition coefficient (Wildman–Crippen LogP) is 9.58. The summed E-state index contributed by atoms with van der Waals surface area (Å²) in [6, 6.07) is 28.1. The predicted molar refractivity (Wildman–Crippen MR) is 173 cm³/mol. The zero-order valence-electron chi connectivity index (χ0n) is 24.6. The van der Waals surface area contributed by atoms with E-state index in [4.69, 9.17) is 6.57 Å². The molecule has 0 aliphatic rings. The molecular weight excluding hydrogens is 623 g/mol. The van der Waals surface area contributed by atoms with Crippen molar-refractivity contribution in [3.05, 3.63) is 143 Å². The summed E-state index contributed by atoms with van der Waals surface area (Å²) in [5.74, 6) is -0.968. The summed E-state index contributed by atoms with van der Waals surface area (Å²) >= 11 is 0. The molecule has 0 radical (unpaired) electrons. The van der Waals surface area contributed by atoms with Crippen LogP contribution >= 0.6 is 0 Å². The van der Waals surface area contributed by atoms with Crippen LogP contribution in [0.15, 0.2) is 114 Å². The molecule has 0 unspecified atom stereocenters. The lowest BCUT2D eigenvalue weighted by molar-refractivity contribution is 0.101. The van der Waals surface area contributed by atoms with Crippen LogP contribution < -0.4 is 0 Å². The Hall–Kier alpha value is -5.97. The van der Waals surface area contributed by atoms with E-state index < -0.39 is 22.3 Å². The third kappa shape index (κ3) is 5.35. The summed E-state index contributed by atoms with van der Waals surface area (Å²) < 4.78 is 72.2. The Morgan fingerprint density at radius 3 is 2.23 bits per heavy atom. The fraction of sp³-hybridized carbons (Fsp3) is 0.0541. The molecular formula is C37H22F3N3O3S. The summed E-state index contributed by atoms with van der Waals surface area (Å²) in [6.45, 7) is 9.22. The number of nitriles is 1. The SMILES string of the molecule is [C-]#[N+]c1cccc(C#N)c1-c1c(-c2cccc(-c3ccc(C(C)=O)cc3F)c2)n(S(=O)(=O)c2ccc(C(F)F)cc2)c2ccccc12. The molecule has 1 heterocycles. The van der Waals surface area contributed by atoms with Gasteiger partial charge in [-0.15, -0.1) is 0 Å². The maximum atomic E-state index is 15.3. The smallest absolute Gasteiger partial charge is 0.268 e. The van der Waals surface area contributed by atoms with Crippen molar-refractivity contribution in [1.29, 1.82) is 5.26 Å². The molecule has 0 atom stereocenters. The lowest BCUT2D eigenvalue weighted by atomic mass is 9.92. The minimum atomic E-state index is -4.51. The molecule has 0 spiro atoms. The van der Waals surface area contributed by atoms with Crippen LogP contribution in [-0.4, -0.2) is 18.2 Å². The Morgan fingerprint density at radius 1 is 0.872 bits per heavy atom. The van der Waals surface area contributed by atoms with E-state index in [1.807, 2.05) is 0 Å². The molecule has 10 heteroatoms. The maximum absolute atomic E-state index is 15.3. The third-order valence-electron chi connectivity index (χ3n) is 7.86. The Bertz CT molecular complexity index is 2390. The van der Waals surface area contributed by atoms with Gasteiger partial charge in [-0.1, -0.05) is 72.8 Å². The topological polar surface area (TPSA) is 84.3 Å². The van der Waals surface area contributed by atoms with Crippen molar-refractivity contribution in [3.8, 4) is 39.6 Å². The molecule has 0 aliphatic carbocycles. The van der Waals surface area contributed by atoms with Crippen LogP contribution in [0.3, 0.4) is 0 Å². The molecule has 0 saturated heterocycles. The number of benzene rings is 5. The van der Waals surface area contributed by atoms with Gasteiger partial charge in [-0.2, -0.15) is 5.26 Å². The summed E-state index contributed by atoms with van der Waals surface area (Å²) in [6.07, 6.45) is -2.80. The van der Waals surface area contributed by atoms with Crippen LogP contribution in [-0.2, 0) is 10.0 Å². The zero-order chi connectivity index (χ0) is 33.5. The van der Waals surface area contributed by atoms with Crippen molar-refractivity contribution in [2.24, 2.45) is 0 Å². The fourth-order valence-electron chi connectivity index (χ4n) is 5.66. The number of carbonyl (C=O) groups is 1. The van der Waals surface area contributed by atoms with Gasteiger partial charge in [0.25, 0.3) is 16.4 Å². The Labute approximate surface area is 268 Å². The number of aromatic nitrogens is 1. The summed E-state index contributed by atoms with van der Waals surface area (Å²) in [5.41, 5.74) is 1.69. The molecule has 6 aromatic rings. The lowest BCUT2D eigenvalue weighted by Crippen LogP contribution is -2.14. The van der Waals surface area contributed by atoms with Gasteiger partial charge in [0.2, 0.25) is 0 Å². The highest BCUT2D eigenvalue weighted by atomic mass is 32.2. The van der Waals surface area contributed by atoms with Gasteiger partial charge in [0.15, 0.2) is 11.5 Å². The van der Waals surface area contributed by atoms with Crippen molar-refractivity contribution >= 4 is 32.4 Å². The first-order valence-electron chi connectivity index (χ1n) is 14.2. The first-order chi connectivity index (χ1) is 22.6. The quantitative estimate of drug-likeness (QED) is 0.128. The van der Waals surface area contributed by atoms with E-state index in [0.29, 0.717) is 16.5 Å². The summed E-state index contributed by atoms with van der Waals surface area (Å²) in [4.78, 5) is 15.2. The second kappa shape index (κ2) is 12.1. The van der Waals surface area contributed by atoms with E-state index in [1.54, 1.807) is 54.6 Å². The molecule has 0 aliphatic heterocycles. The number of hydrogen-bond donors (Lipinski definition) is 0. The minimum Gasteiger partial charge on any atom is -0.295 e. The molecule has 0 saturated carbocycles. The van der Waals surface area contributed by atoms with Gasteiger partial charge in [-0.25, -0.2) is 30.4 Å². The number of nitrogens with zero attached hydrogens (tertiary/aromatic N) is 3. The summed E-state index contributed by atoms with van der Waals surface area (Å²) in [7, 11) is -4.51. The number of hydrogen-bond acceptors (Lipinski definition) is 4. The van der Waals surface area contributed by atoms with Crippen LogP contribution in [0.2, 0.25) is 0 Å². The second-order valence-corrected chi connectivity index (χ2v) is 12.4.